The molecule has 1 aromatic heterocycles. The van der Waals surface area contributed by atoms with Crippen LogP contribution in [0.15, 0.2) is 47.4 Å². The second-order valence-corrected chi connectivity index (χ2v) is 6.58. The first-order chi connectivity index (χ1) is 11.5. The Kier molecular flexibility index (Phi) is 5.02. The van der Waals surface area contributed by atoms with E-state index in [9.17, 15) is 9.59 Å². The number of hydrogen-bond donors (Lipinski definition) is 2. The molecular formula is C18H20ClN3O2. The van der Waals surface area contributed by atoms with E-state index in [1.165, 1.54) is 6.07 Å². The lowest BCUT2D eigenvalue weighted by Gasteiger charge is -2.31. The molecule has 1 unspecified atom stereocenters. The van der Waals surface area contributed by atoms with Crippen molar-refractivity contribution in [2.75, 3.05) is 18.4 Å². The lowest BCUT2D eigenvalue weighted by Crippen LogP contribution is -2.48. The molecule has 0 saturated carbocycles. The second-order valence-electron chi connectivity index (χ2n) is 6.17. The van der Waals surface area contributed by atoms with Crippen LogP contribution in [0.25, 0.3) is 0 Å². The normalized spacial score (nSPS) is 15.6. The van der Waals surface area contributed by atoms with Gasteiger partial charge in [0.1, 0.15) is 0 Å². The summed E-state index contributed by atoms with van der Waals surface area (Å²) >= 11 is 6.16. The zero-order valence-corrected chi connectivity index (χ0v) is 14.2. The lowest BCUT2D eigenvalue weighted by atomic mass is 9.88. The van der Waals surface area contributed by atoms with Gasteiger partial charge in [-0.2, -0.15) is 0 Å². The Labute approximate surface area is 145 Å². The molecule has 0 aliphatic carbocycles. The molecular weight excluding hydrogens is 326 g/mol. The van der Waals surface area contributed by atoms with E-state index in [0.717, 1.165) is 18.7 Å². The summed E-state index contributed by atoms with van der Waals surface area (Å²) in [6, 6.07) is 10.5. The fraction of sp³-hybridized carbons (Fsp3) is 0.333. The number of halogens is 1. The summed E-state index contributed by atoms with van der Waals surface area (Å²) in [5, 5.41) is 6.69. The lowest BCUT2D eigenvalue weighted by molar-refractivity contribution is -0.121. The zero-order chi connectivity index (χ0) is 17.1. The Bertz CT molecular complexity index is 799. The van der Waals surface area contributed by atoms with Gasteiger partial charge in [0, 0.05) is 23.2 Å². The van der Waals surface area contributed by atoms with Crippen molar-refractivity contribution in [3.05, 3.63) is 63.5 Å². The van der Waals surface area contributed by atoms with Crippen molar-refractivity contribution in [2.45, 2.75) is 13.5 Å². The number of hydrogen-bond acceptors (Lipinski definition) is 3. The average molecular weight is 346 g/mol. The number of anilines is 1. The van der Waals surface area contributed by atoms with Gasteiger partial charge in [-0.25, -0.2) is 0 Å². The number of carbonyl (C=O) groups excluding carboxylic acids is 1. The highest BCUT2D eigenvalue weighted by molar-refractivity contribution is 6.31. The quantitative estimate of drug-likeness (QED) is 0.874. The van der Waals surface area contributed by atoms with E-state index in [4.69, 9.17) is 11.6 Å². The molecule has 2 heterocycles. The van der Waals surface area contributed by atoms with Gasteiger partial charge in [0.15, 0.2) is 0 Å². The van der Waals surface area contributed by atoms with Crippen LogP contribution in [0.1, 0.15) is 12.5 Å². The van der Waals surface area contributed by atoms with Crippen LogP contribution < -0.4 is 16.2 Å². The van der Waals surface area contributed by atoms with Gasteiger partial charge in [0.05, 0.1) is 12.2 Å². The van der Waals surface area contributed by atoms with Gasteiger partial charge in [-0.15, -0.1) is 0 Å². The van der Waals surface area contributed by atoms with Gasteiger partial charge in [0.25, 0.3) is 5.56 Å². The number of nitrogens with zero attached hydrogens (tertiary/aromatic N) is 1. The van der Waals surface area contributed by atoms with Gasteiger partial charge >= 0.3 is 0 Å². The fourth-order valence-electron chi connectivity index (χ4n) is 2.67. The van der Waals surface area contributed by atoms with Crippen molar-refractivity contribution in [1.82, 2.24) is 9.88 Å². The second kappa shape index (κ2) is 7.20. The van der Waals surface area contributed by atoms with Crippen molar-refractivity contribution in [3.8, 4) is 0 Å². The molecule has 126 valence electrons. The molecule has 0 bridgehead atoms. The third-order valence-electron chi connectivity index (χ3n) is 4.48. The minimum absolute atomic E-state index is 0.0237. The molecule has 6 heteroatoms. The molecule has 1 aromatic carbocycles. The number of pyridine rings is 1. The Hall–Kier alpha value is -2.11. The molecule has 2 aromatic rings. The summed E-state index contributed by atoms with van der Waals surface area (Å²) in [4.78, 5) is 24.4. The number of amides is 1. The monoisotopic (exact) mass is 345 g/mol. The maximum atomic E-state index is 12.3. The van der Waals surface area contributed by atoms with Crippen LogP contribution >= 0.6 is 11.6 Å². The SMILES string of the molecule is CC(C(=O)Nc1ccc(=O)n(Cc2ccccc2Cl)c1)C1CNC1. The minimum Gasteiger partial charge on any atom is -0.325 e. The van der Waals surface area contributed by atoms with Gasteiger partial charge in [-0.05, 0) is 36.7 Å². The Balaban J connectivity index is 1.75. The third kappa shape index (κ3) is 3.68. The molecule has 0 spiro atoms. The summed E-state index contributed by atoms with van der Waals surface area (Å²) in [7, 11) is 0. The molecule has 1 aliphatic rings. The summed E-state index contributed by atoms with van der Waals surface area (Å²) in [6.07, 6.45) is 1.66. The van der Waals surface area contributed by atoms with Crippen molar-refractivity contribution in [3.63, 3.8) is 0 Å². The average Bonchev–Trinajstić information content (AvgIpc) is 2.51. The molecule has 1 atom stereocenters. The Morgan fingerprint density at radius 1 is 1.33 bits per heavy atom. The van der Waals surface area contributed by atoms with Gasteiger partial charge in [0.2, 0.25) is 5.91 Å². The van der Waals surface area contributed by atoms with Crippen LogP contribution in [0.3, 0.4) is 0 Å². The van der Waals surface area contributed by atoms with Crippen LogP contribution in [0.4, 0.5) is 5.69 Å². The number of nitrogens with one attached hydrogen (secondary N) is 2. The van der Waals surface area contributed by atoms with E-state index < -0.39 is 0 Å². The highest BCUT2D eigenvalue weighted by Crippen LogP contribution is 2.19. The molecule has 5 nitrogen and oxygen atoms in total. The summed E-state index contributed by atoms with van der Waals surface area (Å²) in [5.74, 6) is 0.290. The first-order valence-corrected chi connectivity index (χ1v) is 8.38. The fourth-order valence-corrected chi connectivity index (χ4v) is 2.87. The molecule has 0 radical (unpaired) electrons. The van der Waals surface area contributed by atoms with Gasteiger partial charge in [-0.3, -0.25) is 9.59 Å². The number of carbonyl (C=O) groups is 1. The maximum absolute atomic E-state index is 12.3. The van der Waals surface area contributed by atoms with Gasteiger partial charge in [-0.1, -0.05) is 36.7 Å². The van der Waals surface area contributed by atoms with Gasteiger partial charge < -0.3 is 15.2 Å². The summed E-state index contributed by atoms with van der Waals surface area (Å²) in [5.41, 5.74) is 1.34. The zero-order valence-electron chi connectivity index (χ0n) is 13.5. The maximum Gasteiger partial charge on any atom is 0.250 e. The summed E-state index contributed by atoms with van der Waals surface area (Å²) in [6.45, 7) is 4.05. The molecule has 1 saturated heterocycles. The van der Waals surface area contributed by atoms with Crippen molar-refractivity contribution < 1.29 is 4.79 Å². The smallest absolute Gasteiger partial charge is 0.250 e. The predicted octanol–water partition coefficient (Wildman–Crippen LogP) is 2.34. The first-order valence-electron chi connectivity index (χ1n) is 8.00. The minimum atomic E-state index is -0.135. The third-order valence-corrected chi connectivity index (χ3v) is 4.85. The van der Waals surface area contributed by atoms with E-state index in [0.29, 0.717) is 23.2 Å². The number of rotatable bonds is 5. The first kappa shape index (κ1) is 16.7. The topological polar surface area (TPSA) is 63.1 Å². The Morgan fingerprint density at radius 2 is 2.08 bits per heavy atom. The van der Waals surface area contributed by atoms with Crippen LogP contribution in [-0.2, 0) is 11.3 Å². The van der Waals surface area contributed by atoms with Crippen LogP contribution in [-0.4, -0.2) is 23.6 Å². The molecule has 1 fully saturated rings. The highest BCUT2D eigenvalue weighted by atomic mass is 35.5. The highest BCUT2D eigenvalue weighted by Gasteiger charge is 2.28. The van der Waals surface area contributed by atoms with E-state index in [2.05, 4.69) is 10.6 Å². The summed E-state index contributed by atoms with van der Waals surface area (Å²) < 4.78 is 1.55. The predicted molar refractivity (Wildman–Crippen MR) is 95.4 cm³/mol. The number of aromatic nitrogens is 1. The van der Waals surface area contributed by atoms with E-state index >= 15 is 0 Å². The standard InChI is InChI=1S/C18H20ClN3O2/c1-12(14-8-20-9-14)18(24)21-15-6-7-17(23)22(11-15)10-13-4-2-3-5-16(13)19/h2-7,11-12,14,20H,8-10H2,1H3,(H,21,24). The van der Waals surface area contributed by atoms with Crippen molar-refractivity contribution in [1.29, 1.82) is 0 Å². The Morgan fingerprint density at radius 3 is 2.75 bits per heavy atom. The van der Waals surface area contributed by atoms with Crippen LogP contribution in [0.5, 0.6) is 0 Å². The molecule has 1 amide bonds. The van der Waals surface area contributed by atoms with Crippen molar-refractivity contribution >= 4 is 23.2 Å². The molecule has 2 N–H and O–H groups in total. The van der Waals surface area contributed by atoms with Crippen LogP contribution in [0.2, 0.25) is 5.02 Å². The molecule has 24 heavy (non-hydrogen) atoms. The van der Waals surface area contributed by atoms with E-state index in [1.807, 2.05) is 25.1 Å². The van der Waals surface area contributed by atoms with Crippen LogP contribution in [0, 0.1) is 11.8 Å². The largest absolute Gasteiger partial charge is 0.325 e. The number of benzene rings is 1. The van der Waals surface area contributed by atoms with E-state index in [1.54, 1.807) is 22.9 Å². The van der Waals surface area contributed by atoms with Crippen molar-refractivity contribution in [2.24, 2.45) is 11.8 Å². The van der Waals surface area contributed by atoms with E-state index in [-0.39, 0.29) is 17.4 Å². The molecule has 1 aliphatic heterocycles. The molecule has 3 rings (SSSR count).